The van der Waals surface area contributed by atoms with Gasteiger partial charge in [0.1, 0.15) is 0 Å². The molecule has 2 aromatic carbocycles. The molecule has 29 heavy (non-hydrogen) atoms. The molecule has 1 amide bonds. The first kappa shape index (κ1) is 20.7. The Balaban J connectivity index is 1.83. The summed E-state index contributed by atoms with van der Waals surface area (Å²) in [6.07, 6.45) is 5.69. The number of nitrogens with one attached hydrogen (secondary N) is 1. The summed E-state index contributed by atoms with van der Waals surface area (Å²) in [5.74, 6) is -0.546. The third-order valence-corrected chi connectivity index (χ3v) is 5.35. The van der Waals surface area contributed by atoms with Crippen LogP contribution in [0.2, 0.25) is 0 Å². The molecular formula is C22H25N3O4. The molecule has 0 heterocycles. The number of amides is 1. The highest BCUT2D eigenvalue weighted by Crippen LogP contribution is 2.27. The number of ketones is 1. The van der Waals surface area contributed by atoms with Crippen molar-refractivity contribution in [3.05, 3.63) is 69.8 Å². The average Bonchev–Trinajstić information content (AvgIpc) is 2.77. The van der Waals surface area contributed by atoms with Crippen LogP contribution in [0.3, 0.4) is 0 Å². The molecule has 0 unspecified atom stereocenters. The molecule has 0 aliphatic heterocycles. The van der Waals surface area contributed by atoms with Crippen molar-refractivity contribution in [1.29, 1.82) is 0 Å². The van der Waals surface area contributed by atoms with Crippen molar-refractivity contribution >= 4 is 23.1 Å². The minimum atomic E-state index is -0.544. The van der Waals surface area contributed by atoms with Crippen LogP contribution < -0.4 is 10.2 Å². The predicted molar refractivity (Wildman–Crippen MR) is 111 cm³/mol. The minimum absolute atomic E-state index is 0.138. The quantitative estimate of drug-likeness (QED) is 0.438. The van der Waals surface area contributed by atoms with Gasteiger partial charge < -0.3 is 10.2 Å². The van der Waals surface area contributed by atoms with Crippen LogP contribution >= 0.6 is 0 Å². The van der Waals surface area contributed by atoms with E-state index in [2.05, 4.69) is 5.32 Å². The van der Waals surface area contributed by atoms with Crippen LogP contribution in [0, 0.1) is 10.1 Å². The normalized spacial score (nSPS) is 14.4. The Bertz CT molecular complexity index is 892. The Morgan fingerprint density at radius 2 is 1.79 bits per heavy atom. The van der Waals surface area contributed by atoms with Crippen LogP contribution in [0.4, 0.5) is 11.4 Å². The Morgan fingerprint density at radius 3 is 2.45 bits per heavy atom. The largest absolute Gasteiger partial charge is 0.314 e. The van der Waals surface area contributed by atoms with Crippen molar-refractivity contribution in [3.8, 4) is 0 Å². The minimum Gasteiger partial charge on any atom is -0.314 e. The van der Waals surface area contributed by atoms with Gasteiger partial charge >= 0.3 is 0 Å². The number of benzene rings is 2. The van der Waals surface area contributed by atoms with Crippen molar-refractivity contribution in [2.45, 2.75) is 38.1 Å². The van der Waals surface area contributed by atoms with Gasteiger partial charge in [0.15, 0.2) is 5.78 Å². The molecule has 2 aromatic rings. The van der Waals surface area contributed by atoms with E-state index in [-0.39, 0.29) is 29.5 Å². The van der Waals surface area contributed by atoms with E-state index in [1.54, 1.807) is 37.4 Å². The molecule has 7 nitrogen and oxygen atoms in total. The topological polar surface area (TPSA) is 92.6 Å². The molecule has 0 aromatic heterocycles. The molecule has 0 radical (unpaired) electrons. The van der Waals surface area contributed by atoms with Gasteiger partial charge in [-0.2, -0.15) is 0 Å². The zero-order valence-electron chi connectivity index (χ0n) is 16.5. The fourth-order valence-electron chi connectivity index (χ4n) is 3.65. The lowest BCUT2D eigenvalue weighted by Crippen LogP contribution is -2.41. The van der Waals surface area contributed by atoms with Gasteiger partial charge in [-0.25, -0.2) is 0 Å². The van der Waals surface area contributed by atoms with Crippen LogP contribution in [0.15, 0.2) is 48.5 Å². The van der Waals surface area contributed by atoms with E-state index in [1.807, 2.05) is 0 Å². The molecule has 1 saturated carbocycles. The van der Waals surface area contributed by atoms with Gasteiger partial charge in [0.25, 0.3) is 5.69 Å². The number of nitro benzene ring substituents is 1. The van der Waals surface area contributed by atoms with Gasteiger partial charge in [0, 0.05) is 30.8 Å². The number of non-ortho nitro benzene ring substituents is 1. The Hall–Kier alpha value is -3.06. The summed E-state index contributed by atoms with van der Waals surface area (Å²) in [7, 11) is 1.59. The van der Waals surface area contributed by atoms with Crippen LogP contribution in [-0.2, 0) is 4.79 Å². The molecule has 7 heteroatoms. The highest BCUT2D eigenvalue weighted by Gasteiger charge is 2.23. The summed E-state index contributed by atoms with van der Waals surface area (Å²) in [5.41, 5.74) is 0.725. The SMILES string of the molecule is CN(C(=O)CNC1CCCCC1)c1ccc([N+](=O)[O-])cc1C(=O)c1ccccc1. The van der Waals surface area contributed by atoms with Gasteiger partial charge in [0.05, 0.1) is 22.7 Å². The molecule has 1 aliphatic rings. The summed E-state index contributed by atoms with van der Waals surface area (Å²) in [5, 5.41) is 14.5. The van der Waals surface area contributed by atoms with E-state index in [0.29, 0.717) is 17.3 Å². The predicted octanol–water partition coefficient (Wildman–Crippen LogP) is 3.71. The fourth-order valence-corrected chi connectivity index (χ4v) is 3.65. The number of anilines is 1. The van der Waals surface area contributed by atoms with Crippen molar-refractivity contribution in [2.24, 2.45) is 0 Å². The highest BCUT2D eigenvalue weighted by molar-refractivity contribution is 6.14. The van der Waals surface area contributed by atoms with Gasteiger partial charge in [0.2, 0.25) is 5.91 Å². The number of nitrogens with zero attached hydrogens (tertiary/aromatic N) is 2. The molecule has 3 rings (SSSR count). The Morgan fingerprint density at radius 1 is 1.10 bits per heavy atom. The number of hydrogen-bond donors (Lipinski definition) is 1. The van der Waals surface area contributed by atoms with Crippen molar-refractivity contribution in [2.75, 3.05) is 18.5 Å². The van der Waals surface area contributed by atoms with E-state index in [4.69, 9.17) is 0 Å². The first-order valence-electron chi connectivity index (χ1n) is 9.85. The van der Waals surface area contributed by atoms with Gasteiger partial charge in [-0.05, 0) is 18.9 Å². The second kappa shape index (κ2) is 9.43. The van der Waals surface area contributed by atoms with Gasteiger partial charge in [-0.1, -0.05) is 49.6 Å². The lowest BCUT2D eigenvalue weighted by atomic mass is 9.95. The molecule has 1 N–H and O–H groups in total. The smallest absolute Gasteiger partial charge is 0.270 e. The number of nitro groups is 1. The van der Waals surface area contributed by atoms with Crippen LogP contribution in [0.1, 0.15) is 48.0 Å². The van der Waals surface area contributed by atoms with Gasteiger partial charge in [-0.15, -0.1) is 0 Å². The number of likely N-dealkylation sites (N-methyl/N-ethyl adjacent to an activating group) is 1. The average molecular weight is 395 g/mol. The fraction of sp³-hybridized carbons (Fsp3) is 0.364. The molecule has 1 fully saturated rings. The molecular weight excluding hydrogens is 370 g/mol. The third kappa shape index (κ3) is 5.06. The standard InChI is InChI=1S/C22H25N3O4/c1-24(21(26)15-23-17-10-6-3-7-11-17)20-13-12-18(25(28)29)14-19(20)22(27)16-8-4-2-5-9-16/h2,4-5,8-9,12-14,17,23H,3,6-7,10-11,15H2,1H3. The highest BCUT2D eigenvalue weighted by atomic mass is 16.6. The van der Waals surface area contributed by atoms with Crippen LogP contribution in [0.25, 0.3) is 0 Å². The van der Waals surface area contributed by atoms with Crippen molar-refractivity contribution in [3.63, 3.8) is 0 Å². The van der Waals surface area contributed by atoms with Crippen molar-refractivity contribution in [1.82, 2.24) is 5.32 Å². The molecule has 0 spiro atoms. The molecule has 152 valence electrons. The van der Waals surface area contributed by atoms with E-state index in [0.717, 1.165) is 12.8 Å². The zero-order chi connectivity index (χ0) is 20.8. The second-order valence-electron chi connectivity index (χ2n) is 7.32. The summed E-state index contributed by atoms with van der Waals surface area (Å²) in [6.45, 7) is 0.164. The lowest BCUT2D eigenvalue weighted by molar-refractivity contribution is -0.384. The number of carbonyl (C=O) groups excluding carboxylic acids is 2. The second-order valence-corrected chi connectivity index (χ2v) is 7.32. The first-order chi connectivity index (χ1) is 14.0. The maximum absolute atomic E-state index is 13.0. The van der Waals surface area contributed by atoms with E-state index in [9.17, 15) is 19.7 Å². The molecule has 1 aliphatic carbocycles. The molecule has 0 saturated heterocycles. The summed E-state index contributed by atoms with van der Waals surface area (Å²) < 4.78 is 0. The number of carbonyl (C=O) groups is 2. The lowest BCUT2D eigenvalue weighted by Gasteiger charge is -2.25. The maximum Gasteiger partial charge on any atom is 0.270 e. The molecule has 0 bridgehead atoms. The Kier molecular flexibility index (Phi) is 6.72. The third-order valence-electron chi connectivity index (χ3n) is 5.35. The van der Waals surface area contributed by atoms with E-state index < -0.39 is 4.92 Å². The van der Waals surface area contributed by atoms with E-state index in [1.165, 1.54) is 42.4 Å². The Labute approximate surface area is 169 Å². The first-order valence-corrected chi connectivity index (χ1v) is 9.85. The van der Waals surface area contributed by atoms with Crippen LogP contribution in [0.5, 0.6) is 0 Å². The van der Waals surface area contributed by atoms with Crippen LogP contribution in [-0.4, -0.2) is 36.2 Å². The number of rotatable bonds is 7. The zero-order valence-corrected chi connectivity index (χ0v) is 16.5. The maximum atomic E-state index is 13.0. The number of hydrogen-bond acceptors (Lipinski definition) is 5. The summed E-state index contributed by atoms with van der Waals surface area (Å²) >= 11 is 0. The summed E-state index contributed by atoms with van der Waals surface area (Å²) in [6, 6.07) is 12.9. The summed E-state index contributed by atoms with van der Waals surface area (Å²) in [4.78, 5) is 37.8. The van der Waals surface area contributed by atoms with Gasteiger partial charge in [-0.3, -0.25) is 19.7 Å². The monoisotopic (exact) mass is 395 g/mol. The van der Waals surface area contributed by atoms with E-state index >= 15 is 0 Å². The molecule has 0 atom stereocenters. The van der Waals surface area contributed by atoms with Crippen molar-refractivity contribution < 1.29 is 14.5 Å².